The molecule has 4 aromatic rings. The van der Waals surface area contributed by atoms with Gasteiger partial charge >= 0.3 is 6.09 Å². The summed E-state index contributed by atoms with van der Waals surface area (Å²) in [7, 11) is 0. The van der Waals surface area contributed by atoms with E-state index in [-0.39, 0.29) is 23.8 Å². The van der Waals surface area contributed by atoms with Gasteiger partial charge in [-0.25, -0.2) is 14.8 Å². The number of nitrogens with one attached hydrogen (secondary N) is 2. The first-order chi connectivity index (χ1) is 22.1. The molecule has 2 atom stereocenters. The number of fused-ring (bicyclic) bond motifs is 1. The van der Waals surface area contributed by atoms with Crippen molar-refractivity contribution in [3.8, 4) is 0 Å². The van der Waals surface area contributed by atoms with Crippen LogP contribution in [0.4, 0.5) is 22.0 Å². The summed E-state index contributed by atoms with van der Waals surface area (Å²) in [4.78, 5) is 39.1. The number of anilines is 3. The van der Waals surface area contributed by atoms with Gasteiger partial charge in [0.05, 0.1) is 17.9 Å². The first kappa shape index (κ1) is 30.3. The number of rotatable bonds is 8. The Morgan fingerprint density at radius 1 is 1.02 bits per heavy atom. The lowest BCUT2D eigenvalue weighted by molar-refractivity contribution is -0.117. The van der Waals surface area contributed by atoms with Gasteiger partial charge < -0.3 is 29.6 Å². The van der Waals surface area contributed by atoms with Crippen LogP contribution in [0.15, 0.2) is 61.1 Å². The van der Waals surface area contributed by atoms with Gasteiger partial charge in [0.25, 0.3) is 0 Å². The molecule has 2 amide bonds. The van der Waals surface area contributed by atoms with Crippen molar-refractivity contribution in [3.05, 3.63) is 82.9 Å². The number of hydrogen-bond donors (Lipinski definition) is 2. The van der Waals surface area contributed by atoms with Gasteiger partial charge in [-0.05, 0) is 87.3 Å². The Morgan fingerprint density at radius 3 is 2.57 bits per heavy atom. The molecule has 1 saturated heterocycles. The van der Waals surface area contributed by atoms with Crippen LogP contribution in [0.25, 0.3) is 5.65 Å². The number of aromatic nitrogens is 3. The number of hydrogen-bond acceptors (Lipinski definition) is 7. The summed E-state index contributed by atoms with van der Waals surface area (Å²) in [6, 6.07) is 13.8. The van der Waals surface area contributed by atoms with Gasteiger partial charge in [-0.1, -0.05) is 23.7 Å². The van der Waals surface area contributed by atoms with E-state index in [9.17, 15) is 9.59 Å². The molecule has 2 aliphatic carbocycles. The predicted octanol–water partition coefficient (Wildman–Crippen LogP) is 6.67. The first-order valence-electron chi connectivity index (χ1n) is 16.1. The first-order valence-corrected chi connectivity index (χ1v) is 16.5. The Labute approximate surface area is 274 Å². The zero-order chi connectivity index (χ0) is 32.0. The Morgan fingerprint density at radius 2 is 1.83 bits per heavy atom. The number of piperazine rings is 1. The second-order valence-corrected chi connectivity index (χ2v) is 14.1. The zero-order valence-corrected chi connectivity index (χ0v) is 27.3. The van der Waals surface area contributed by atoms with E-state index in [4.69, 9.17) is 21.3 Å². The molecule has 3 aliphatic rings. The van der Waals surface area contributed by atoms with Crippen LogP contribution < -0.4 is 15.5 Å². The van der Waals surface area contributed by atoms with Crippen LogP contribution >= 0.6 is 11.6 Å². The monoisotopic (exact) mass is 641 g/mol. The Kier molecular flexibility index (Phi) is 8.00. The maximum Gasteiger partial charge on any atom is 0.410 e. The largest absolute Gasteiger partial charge is 0.444 e. The van der Waals surface area contributed by atoms with Crippen molar-refractivity contribution in [2.24, 2.45) is 5.92 Å². The summed E-state index contributed by atoms with van der Waals surface area (Å²) >= 11 is 6.14. The molecule has 0 bridgehead atoms. The Balaban J connectivity index is 1.01. The molecule has 3 aromatic heterocycles. The van der Waals surface area contributed by atoms with Crippen molar-refractivity contribution >= 4 is 46.4 Å². The number of halogens is 1. The molecular weight excluding hydrogens is 602 g/mol. The summed E-state index contributed by atoms with van der Waals surface area (Å²) < 4.78 is 7.74. The molecule has 0 radical (unpaired) electrons. The summed E-state index contributed by atoms with van der Waals surface area (Å²) in [5.74, 6) is 1.20. The van der Waals surface area contributed by atoms with Gasteiger partial charge in [-0.15, -0.1) is 0 Å². The van der Waals surface area contributed by atoms with Crippen LogP contribution in [-0.2, 0) is 16.1 Å². The second-order valence-electron chi connectivity index (χ2n) is 13.6. The van der Waals surface area contributed by atoms with Crippen LogP contribution in [0, 0.1) is 5.92 Å². The number of ether oxygens (including phenoxy) is 1. The van der Waals surface area contributed by atoms with Gasteiger partial charge in [-0.3, -0.25) is 4.79 Å². The Bertz CT molecular complexity index is 1770. The van der Waals surface area contributed by atoms with Crippen molar-refractivity contribution in [2.45, 2.75) is 64.0 Å². The molecule has 0 unspecified atom stereocenters. The fourth-order valence-corrected chi connectivity index (χ4v) is 6.38. The molecule has 7 rings (SSSR count). The molecule has 3 fully saturated rings. The molecule has 4 heterocycles. The highest BCUT2D eigenvalue weighted by Gasteiger charge is 2.44. The molecular formula is C35H40ClN7O3. The van der Waals surface area contributed by atoms with Crippen molar-refractivity contribution in [2.75, 3.05) is 41.7 Å². The van der Waals surface area contributed by atoms with E-state index in [1.165, 1.54) is 18.4 Å². The van der Waals surface area contributed by atoms with E-state index < -0.39 is 5.60 Å². The van der Waals surface area contributed by atoms with E-state index in [0.29, 0.717) is 36.4 Å². The molecule has 0 spiro atoms. The third-order valence-corrected chi connectivity index (χ3v) is 9.05. The maximum atomic E-state index is 12.9. The van der Waals surface area contributed by atoms with Gasteiger partial charge in [-0.2, -0.15) is 0 Å². The van der Waals surface area contributed by atoms with Crippen molar-refractivity contribution in [1.82, 2.24) is 19.3 Å². The summed E-state index contributed by atoms with van der Waals surface area (Å²) in [6.07, 6.45) is 8.96. The van der Waals surface area contributed by atoms with E-state index in [1.54, 1.807) is 11.1 Å². The van der Waals surface area contributed by atoms with Crippen LogP contribution in [0.1, 0.15) is 68.7 Å². The van der Waals surface area contributed by atoms with Crippen molar-refractivity contribution in [3.63, 3.8) is 0 Å². The summed E-state index contributed by atoms with van der Waals surface area (Å²) in [5, 5.41) is 7.13. The lowest BCUT2D eigenvalue weighted by atomic mass is 10.1. The molecule has 2 N–H and O–H groups in total. The summed E-state index contributed by atoms with van der Waals surface area (Å²) in [6.45, 7) is 8.84. The number of nitrogens with zero attached hydrogens (tertiary/aromatic N) is 5. The fraction of sp³-hybridized carbons (Fsp3) is 0.429. The standard InChI is InChI=1S/C35H40ClN7O3/c1-35(2,3)46-34(45)42-13-11-41(12-14-42)30-16-24(22-7-8-22)20-43-21-27(39-32(30)43)19-38-26-9-10-37-31(17-26)40-33(44)29-18-28(29)23-5-4-6-25(36)15-23/h4-6,9-10,15-17,20-22,28-29H,7-8,11-14,18-19H2,1-3H3,(H2,37,38,40,44)/t28-,29+/m1/s1. The average molecular weight is 642 g/mol. The second kappa shape index (κ2) is 12.1. The lowest BCUT2D eigenvalue weighted by Gasteiger charge is -2.37. The third-order valence-electron chi connectivity index (χ3n) is 8.81. The highest BCUT2D eigenvalue weighted by atomic mass is 35.5. The van der Waals surface area contributed by atoms with E-state index in [1.807, 2.05) is 57.2 Å². The zero-order valence-electron chi connectivity index (χ0n) is 26.5. The lowest BCUT2D eigenvalue weighted by Crippen LogP contribution is -2.50. The molecule has 240 valence electrons. The normalized spacial score (nSPS) is 19.7. The van der Waals surface area contributed by atoms with Crippen molar-refractivity contribution < 1.29 is 14.3 Å². The number of carbonyl (C=O) groups is 2. The summed E-state index contributed by atoms with van der Waals surface area (Å²) in [5.41, 5.74) is 5.69. The van der Waals surface area contributed by atoms with Gasteiger partial charge in [0.2, 0.25) is 5.91 Å². The minimum atomic E-state index is -0.510. The quantitative estimate of drug-likeness (QED) is 0.221. The molecule has 11 heteroatoms. The third kappa shape index (κ3) is 6.92. The van der Waals surface area contributed by atoms with Crippen LogP contribution in [-0.4, -0.2) is 63.0 Å². The fourth-order valence-electron chi connectivity index (χ4n) is 6.18. The number of benzene rings is 1. The highest BCUT2D eigenvalue weighted by Crippen LogP contribution is 2.48. The molecule has 1 aromatic carbocycles. The minimum absolute atomic E-state index is 0.0269. The van der Waals surface area contributed by atoms with Gasteiger partial charge in [0, 0.05) is 67.5 Å². The minimum Gasteiger partial charge on any atom is -0.444 e. The molecule has 1 aliphatic heterocycles. The van der Waals surface area contributed by atoms with E-state index in [2.05, 4.69) is 43.4 Å². The number of imidazole rings is 1. The van der Waals surface area contributed by atoms with Crippen LogP contribution in [0.2, 0.25) is 5.02 Å². The smallest absolute Gasteiger partial charge is 0.410 e. The highest BCUT2D eigenvalue weighted by molar-refractivity contribution is 6.30. The van der Waals surface area contributed by atoms with E-state index in [0.717, 1.165) is 47.8 Å². The van der Waals surface area contributed by atoms with Gasteiger partial charge in [0.15, 0.2) is 5.65 Å². The number of pyridine rings is 2. The molecule has 46 heavy (non-hydrogen) atoms. The Hall–Kier alpha value is -4.31. The number of amides is 2. The van der Waals surface area contributed by atoms with E-state index >= 15 is 0 Å². The molecule has 10 nitrogen and oxygen atoms in total. The van der Waals surface area contributed by atoms with Crippen LogP contribution in [0.3, 0.4) is 0 Å². The van der Waals surface area contributed by atoms with Crippen LogP contribution in [0.5, 0.6) is 0 Å². The van der Waals surface area contributed by atoms with Gasteiger partial charge in [0.1, 0.15) is 11.4 Å². The van der Waals surface area contributed by atoms with Crippen molar-refractivity contribution in [1.29, 1.82) is 0 Å². The average Bonchev–Trinajstić information content (AvgIpc) is 3.95. The molecule has 2 saturated carbocycles. The predicted molar refractivity (Wildman–Crippen MR) is 180 cm³/mol. The topological polar surface area (TPSA) is 104 Å². The SMILES string of the molecule is CC(C)(C)OC(=O)N1CCN(c2cc(C3CC3)cn3cc(CNc4ccnc(NC(=O)[C@H]5C[C@@H]5c5cccc(Cl)c5)c4)nc23)CC1. The number of carbonyl (C=O) groups excluding carboxylic acids is 2. The maximum absolute atomic E-state index is 12.9.